The summed E-state index contributed by atoms with van der Waals surface area (Å²) in [7, 11) is 0. The minimum absolute atomic E-state index is 0.250. The Morgan fingerprint density at radius 1 is 1.43 bits per heavy atom. The van der Waals surface area contributed by atoms with Gasteiger partial charge in [0.2, 0.25) is 0 Å². The van der Waals surface area contributed by atoms with Crippen LogP contribution in [0.15, 0.2) is 24.3 Å². The minimum atomic E-state index is -0.250. The van der Waals surface area contributed by atoms with Crippen molar-refractivity contribution in [3.8, 4) is 0 Å². The van der Waals surface area contributed by atoms with Gasteiger partial charge in [0.15, 0.2) is 0 Å². The SMILES string of the molecule is Cc1cccc(C(O)CC2CCC2)c1. The fourth-order valence-electron chi connectivity index (χ4n) is 2.06. The van der Waals surface area contributed by atoms with Crippen molar-refractivity contribution in [1.29, 1.82) is 0 Å². The molecule has 1 unspecified atom stereocenters. The van der Waals surface area contributed by atoms with Crippen molar-refractivity contribution in [2.24, 2.45) is 5.92 Å². The molecule has 1 saturated carbocycles. The topological polar surface area (TPSA) is 20.2 Å². The van der Waals surface area contributed by atoms with E-state index in [4.69, 9.17) is 0 Å². The van der Waals surface area contributed by atoms with Gasteiger partial charge in [0.05, 0.1) is 6.10 Å². The van der Waals surface area contributed by atoms with E-state index in [1.807, 2.05) is 12.1 Å². The molecule has 1 aliphatic rings. The van der Waals surface area contributed by atoms with Gasteiger partial charge in [0.1, 0.15) is 0 Å². The summed E-state index contributed by atoms with van der Waals surface area (Å²) in [5.74, 6) is 0.769. The summed E-state index contributed by atoms with van der Waals surface area (Å²) in [6, 6.07) is 8.20. The monoisotopic (exact) mass is 190 g/mol. The highest BCUT2D eigenvalue weighted by Crippen LogP contribution is 2.34. The Bertz CT molecular complexity index is 302. The molecular formula is C13H18O. The molecule has 0 heterocycles. The minimum Gasteiger partial charge on any atom is -0.388 e. The average Bonchev–Trinajstić information content (AvgIpc) is 2.11. The molecule has 1 N–H and O–H groups in total. The van der Waals surface area contributed by atoms with Crippen molar-refractivity contribution in [2.45, 2.75) is 38.7 Å². The first-order valence-electron chi connectivity index (χ1n) is 5.50. The van der Waals surface area contributed by atoms with E-state index in [9.17, 15) is 5.11 Å². The Morgan fingerprint density at radius 3 is 2.79 bits per heavy atom. The van der Waals surface area contributed by atoms with Gasteiger partial charge in [-0.2, -0.15) is 0 Å². The third-order valence-electron chi connectivity index (χ3n) is 3.21. The summed E-state index contributed by atoms with van der Waals surface area (Å²) in [6.07, 6.45) is 4.67. The fourth-order valence-corrected chi connectivity index (χ4v) is 2.06. The Morgan fingerprint density at radius 2 is 2.21 bits per heavy atom. The van der Waals surface area contributed by atoms with Crippen molar-refractivity contribution in [3.05, 3.63) is 35.4 Å². The zero-order valence-electron chi connectivity index (χ0n) is 8.74. The summed E-state index contributed by atoms with van der Waals surface area (Å²) in [5, 5.41) is 9.98. The van der Waals surface area contributed by atoms with E-state index in [2.05, 4.69) is 19.1 Å². The molecular weight excluding hydrogens is 172 g/mol. The Labute approximate surface area is 85.8 Å². The van der Waals surface area contributed by atoms with E-state index in [-0.39, 0.29) is 6.10 Å². The number of aliphatic hydroxyl groups excluding tert-OH is 1. The highest BCUT2D eigenvalue weighted by atomic mass is 16.3. The van der Waals surface area contributed by atoms with Crippen LogP contribution in [0.3, 0.4) is 0 Å². The van der Waals surface area contributed by atoms with Crippen LogP contribution in [-0.4, -0.2) is 5.11 Å². The second kappa shape index (κ2) is 4.14. The Hall–Kier alpha value is -0.820. The molecule has 76 valence electrons. The zero-order chi connectivity index (χ0) is 9.97. The predicted molar refractivity (Wildman–Crippen MR) is 58.1 cm³/mol. The van der Waals surface area contributed by atoms with Gasteiger partial charge in [-0.3, -0.25) is 0 Å². The molecule has 0 spiro atoms. The van der Waals surface area contributed by atoms with Gasteiger partial charge < -0.3 is 5.11 Å². The molecule has 14 heavy (non-hydrogen) atoms. The maximum Gasteiger partial charge on any atom is 0.0792 e. The van der Waals surface area contributed by atoms with Crippen molar-refractivity contribution in [1.82, 2.24) is 0 Å². The number of aliphatic hydroxyl groups is 1. The molecule has 0 amide bonds. The van der Waals surface area contributed by atoms with Crippen LogP contribution in [0.4, 0.5) is 0 Å². The predicted octanol–water partition coefficient (Wildman–Crippen LogP) is 3.22. The van der Waals surface area contributed by atoms with E-state index in [1.54, 1.807) is 0 Å². The van der Waals surface area contributed by atoms with Crippen LogP contribution >= 0.6 is 0 Å². The van der Waals surface area contributed by atoms with E-state index < -0.39 is 0 Å². The highest BCUT2D eigenvalue weighted by Gasteiger charge is 2.21. The van der Waals surface area contributed by atoms with Gasteiger partial charge in [0, 0.05) is 0 Å². The number of aryl methyl sites for hydroxylation is 1. The summed E-state index contributed by atoms with van der Waals surface area (Å²) in [5.41, 5.74) is 2.31. The van der Waals surface area contributed by atoms with E-state index in [1.165, 1.54) is 24.8 Å². The lowest BCUT2D eigenvalue weighted by Gasteiger charge is -2.27. The molecule has 1 fully saturated rings. The lowest BCUT2D eigenvalue weighted by Crippen LogP contribution is -2.14. The van der Waals surface area contributed by atoms with Crippen LogP contribution in [0.25, 0.3) is 0 Å². The van der Waals surface area contributed by atoms with Crippen LogP contribution in [-0.2, 0) is 0 Å². The van der Waals surface area contributed by atoms with E-state index >= 15 is 0 Å². The van der Waals surface area contributed by atoms with Gasteiger partial charge >= 0.3 is 0 Å². The molecule has 0 saturated heterocycles. The molecule has 0 aliphatic heterocycles. The molecule has 1 aromatic rings. The summed E-state index contributed by atoms with van der Waals surface area (Å²) >= 11 is 0. The molecule has 1 heteroatoms. The lowest BCUT2D eigenvalue weighted by atomic mass is 9.80. The molecule has 1 nitrogen and oxygen atoms in total. The normalized spacial score (nSPS) is 19.0. The average molecular weight is 190 g/mol. The number of rotatable bonds is 3. The first kappa shape index (κ1) is 9.72. The van der Waals surface area contributed by atoms with Gasteiger partial charge in [-0.25, -0.2) is 0 Å². The maximum atomic E-state index is 9.98. The van der Waals surface area contributed by atoms with Crippen molar-refractivity contribution in [3.63, 3.8) is 0 Å². The second-order valence-corrected chi connectivity index (χ2v) is 4.46. The first-order valence-corrected chi connectivity index (χ1v) is 5.50. The van der Waals surface area contributed by atoms with Crippen molar-refractivity contribution in [2.75, 3.05) is 0 Å². The molecule has 0 bridgehead atoms. The van der Waals surface area contributed by atoms with Crippen molar-refractivity contribution < 1.29 is 5.11 Å². The molecule has 2 rings (SSSR count). The lowest BCUT2D eigenvalue weighted by molar-refractivity contribution is 0.118. The second-order valence-electron chi connectivity index (χ2n) is 4.46. The van der Waals surface area contributed by atoms with Gasteiger partial charge in [0.25, 0.3) is 0 Å². The van der Waals surface area contributed by atoms with Crippen molar-refractivity contribution >= 4 is 0 Å². The summed E-state index contributed by atoms with van der Waals surface area (Å²) in [6.45, 7) is 2.07. The third kappa shape index (κ3) is 2.16. The van der Waals surface area contributed by atoms with Gasteiger partial charge in [-0.05, 0) is 24.8 Å². The maximum absolute atomic E-state index is 9.98. The highest BCUT2D eigenvalue weighted by molar-refractivity contribution is 5.24. The van der Waals surface area contributed by atoms with Gasteiger partial charge in [-0.1, -0.05) is 49.1 Å². The number of benzene rings is 1. The van der Waals surface area contributed by atoms with E-state index in [0.717, 1.165) is 17.9 Å². The van der Waals surface area contributed by atoms with E-state index in [0.29, 0.717) is 0 Å². The number of hydrogen-bond acceptors (Lipinski definition) is 1. The van der Waals surface area contributed by atoms with Crippen LogP contribution < -0.4 is 0 Å². The van der Waals surface area contributed by atoms with Crippen LogP contribution in [0, 0.1) is 12.8 Å². The first-order chi connectivity index (χ1) is 6.75. The van der Waals surface area contributed by atoms with Gasteiger partial charge in [-0.15, -0.1) is 0 Å². The van der Waals surface area contributed by atoms with Crippen LogP contribution in [0.2, 0.25) is 0 Å². The van der Waals surface area contributed by atoms with Crippen LogP contribution in [0.5, 0.6) is 0 Å². The molecule has 1 aromatic carbocycles. The largest absolute Gasteiger partial charge is 0.388 e. The number of hydrogen-bond donors (Lipinski definition) is 1. The summed E-state index contributed by atoms with van der Waals surface area (Å²) in [4.78, 5) is 0. The third-order valence-corrected chi connectivity index (χ3v) is 3.21. The fraction of sp³-hybridized carbons (Fsp3) is 0.538. The molecule has 1 aliphatic carbocycles. The van der Waals surface area contributed by atoms with Crippen LogP contribution in [0.1, 0.15) is 42.9 Å². The molecule has 0 aromatic heterocycles. The standard InChI is InChI=1S/C13H18O/c1-10-4-2-7-12(8-10)13(14)9-11-5-3-6-11/h2,4,7-8,11,13-14H,3,5-6,9H2,1H3. The Balaban J connectivity index is 1.98. The molecule has 1 atom stereocenters. The molecule has 0 radical (unpaired) electrons. The smallest absolute Gasteiger partial charge is 0.0792 e. The summed E-state index contributed by atoms with van der Waals surface area (Å²) < 4.78 is 0. The Kier molecular flexibility index (Phi) is 2.87. The quantitative estimate of drug-likeness (QED) is 0.776. The zero-order valence-corrected chi connectivity index (χ0v) is 8.74.